The Bertz CT molecular complexity index is 4780. The topological polar surface area (TPSA) is 639 Å². The molecular weight excluding hydrogens is 1530 g/mol. The largest absolute Gasteiger partial charge is 0.472 e. The Balaban J connectivity index is 0.739. The second-order valence-corrected chi connectivity index (χ2v) is 29.5. The monoisotopic (exact) mass is 1590 g/mol. The number of nitrogens with zero attached hydrogens (tertiary/aromatic N) is 11. The van der Waals surface area contributed by atoms with Gasteiger partial charge >= 0.3 is 48.4 Å². The number of aliphatic hydroxyl groups excluding tert-OH is 2. The summed E-state index contributed by atoms with van der Waals surface area (Å²) in [4.78, 5) is 152. The van der Waals surface area contributed by atoms with Crippen LogP contribution in [0.15, 0.2) is 72.4 Å². The van der Waals surface area contributed by atoms with Crippen LogP contribution in [0, 0.1) is 10.5 Å². The predicted molar refractivity (Wildman–Crippen MR) is 334 cm³/mol. The lowest BCUT2D eigenvalue weighted by atomic mass is 10.2. The standard InChI is InChI=1S/C48H60IN17O29P4/c1-19-9-63(47(73)60-42(19)69)34-6-23(93-96(75,76)83-12-27-21(68)4-32(88-27)65-17-55-37-39(51)53-16-54-40(37)65)28(89-34)13-85-98(79,80)94-24-7-35(64-10-20(49)43(70)61-48(64)74)90-29(24)14-86-99(81,82)95-25-8-36(66-18-56-38-41(66)58-45(52)59-44(38)71)91-30(25)15-84-97(77,78)92-22-5-33(87-26(22)11-67)62-3-2-31(50)57-46(62)72/h2-3,9-10,16-18,21-30,32-36,67-68H,4-8,11-15H2,1H3,(H,75,76)(H,77,78)(H,79,80)(H,81,82)(H2,50,57,72)(H2,51,53,54)(H,60,69,73)(H,61,70,74)(H3,52,58,59,71)/t21-,22-,23-,24-,25-,26+,27+,28+,29+,30+,32+,33+,34+,35+,36+/m0/s1. The molecule has 7 aromatic rings. The first kappa shape index (κ1) is 72.2. The smallest absolute Gasteiger partial charge is 0.394 e. The van der Waals surface area contributed by atoms with Gasteiger partial charge in [0.05, 0.1) is 55.4 Å². The van der Waals surface area contributed by atoms with Crippen molar-refractivity contribution in [2.45, 2.75) is 131 Å². The molecule has 15 N–H and O–H groups in total. The third-order valence-corrected chi connectivity index (χ3v) is 20.9. The molecule has 0 spiro atoms. The van der Waals surface area contributed by atoms with Crippen LogP contribution in [-0.4, -0.2) is 192 Å². The number of hydrogen-bond acceptors (Lipinski definition) is 34. The number of phosphoric ester groups is 4. The Morgan fingerprint density at radius 1 is 0.545 bits per heavy atom. The number of nitrogen functional groups attached to an aromatic ring is 3. The predicted octanol–water partition coefficient (Wildman–Crippen LogP) is -2.22. The van der Waals surface area contributed by atoms with Crippen molar-refractivity contribution in [1.29, 1.82) is 0 Å². The number of ether oxygens (including phenoxy) is 5. The fourth-order valence-electron chi connectivity index (χ4n) is 11.4. The van der Waals surface area contributed by atoms with Crippen molar-refractivity contribution in [3.8, 4) is 0 Å². The fourth-order valence-corrected chi connectivity index (χ4v) is 15.7. The molecule has 538 valence electrons. The highest BCUT2D eigenvalue weighted by Crippen LogP contribution is 2.55. The van der Waals surface area contributed by atoms with Crippen LogP contribution in [0.1, 0.15) is 68.8 Å². The number of hydrogen-bond donors (Lipinski definition) is 12. The third-order valence-electron chi connectivity index (χ3n) is 16.1. The number of phosphoric acid groups is 4. The average molecular weight is 1590 g/mol. The zero-order valence-electron chi connectivity index (χ0n) is 50.7. The first-order valence-corrected chi connectivity index (χ1v) is 36.4. The van der Waals surface area contributed by atoms with E-state index in [1.54, 1.807) is 22.6 Å². The third kappa shape index (κ3) is 16.2. The SMILES string of the molecule is Cc1cn([C@H]2C[C@H](OP(=O)(O)OC[C@H]3O[C@@H](n4cnc5c(N)ncnc54)C[C@@H]3O)[C@@H](COP(=O)(O)O[C@H]3C[C@H](n4cc(I)c(=O)[nH]c4=O)O[C@@H]3COP(=O)(O)O[C@H]3C[C@H](n4cnc5c(=O)[nH]c(N)nc54)O[C@@H]3COP(=O)(O)O[C@H]3C[C@H](n4ccc(N)nc4=O)O[C@@H]3CO)O2)c(=O)[nH]c1=O. The molecule has 0 aliphatic carbocycles. The highest BCUT2D eigenvalue weighted by molar-refractivity contribution is 14.1. The van der Waals surface area contributed by atoms with Crippen LogP contribution in [0.3, 0.4) is 0 Å². The van der Waals surface area contributed by atoms with Crippen LogP contribution < -0.4 is 50.9 Å². The zero-order valence-corrected chi connectivity index (χ0v) is 56.4. The van der Waals surface area contributed by atoms with Crippen LogP contribution in [0.25, 0.3) is 22.3 Å². The molecule has 5 aliphatic rings. The molecule has 46 nitrogen and oxygen atoms in total. The van der Waals surface area contributed by atoms with E-state index in [-0.39, 0.29) is 61.9 Å². The molecule has 12 heterocycles. The Kier molecular flexibility index (Phi) is 20.9. The number of anilines is 3. The van der Waals surface area contributed by atoms with Crippen molar-refractivity contribution in [2.75, 3.05) is 50.2 Å². The lowest BCUT2D eigenvalue weighted by Gasteiger charge is -2.25. The summed E-state index contributed by atoms with van der Waals surface area (Å²) in [6, 6.07) is 1.28. The lowest BCUT2D eigenvalue weighted by Crippen LogP contribution is -2.33. The van der Waals surface area contributed by atoms with Gasteiger partial charge in [0.2, 0.25) is 5.95 Å². The van der Waals surface area contributed by atoms with E-state index in [0.717, 1.165) is 32.4 Å². The number of H-pyrrole nitrogens is 3. The number of aliphatic hydroxyl groups is 2. The van der Waals surface area contributed by atoms with E-state index >= 15 is 0 Å². The van der Waals surface area contributed by atoms with Crippen LogP contribution in [0.4, 0.5) is 17.6 Å². The second-order valence-electron chi connectivity index (χ2n) is 22.7. The molecule has 5 saturated heterocycles. The number of fused-ring (bicyclic) bond motifs is 2. The normalized spacial score (nSPS) is 29.7. The highest BCUT2D eigenvalue weighted by atomic mass is 127. The van der Waals surface area contributed by atoms with Gasteiger partial charge in [-0.15, -0.1) is 0 Å². The molecule has 12 rings (SSSR count). The first-order valence-electron chi connectivity index (χ1n) is 29.3. The number of halogens is 1. The number of aromatic nitrogens is 14. The molecule has 0 saturated carbocycles. The van der Waals surface area contributed by atoms with Crippen molar-refractivity contribution in [3.63, 3.8) is 0 Å². The number of imidazole rings is 2. The van der Waals surface area contributed by atoms with Gasteiger partial charge in [-0.1, -0.05) is 0 Å². The first-order chi connectivity index (χ1) is 46.8. The molecule has 5 fully saturated rings. The van der Waals surface area contributed by atoms with Crippen molar-refractivity contribution < 1.29 is 108 Å². The molecule has 7 aromatic heterocycles. The Morgan fingerprint density at radius 2 is 0.990 bits per heavy atom. The van der Waals surface area contributed by atoms with Gasteiger partial charge in [-0.05, 0) is 35.6 Å². The highest BCUT2D eigenvalue weighted by Gasteiger charge is 2.50. The van der Waals surface area contributed by atoms with Crippen molar-refractivity contribution in [2.24, 2.45) is 0 Å². The van der Waals surface area contributed by atoms with E-state index in [9.17, 15) is 76.8 Å². The van der Waals surface area contributed by atoms with Gasteiger partial charge in [-0.2, -0.15) is 9.97 Å². The minimum Gasteiger partial charge on any atom is -0.394 e. The molecule has 0 bridgehead atoms. The Labute approximate surface area is 563 Å². The summed E-state index contributed by atoms with van der Waals surface area (Å²) in [6.45, 7) is -3.32. The van der Waals surface area contributed by atoms with Crippen LogP contribution in [0.5, 0.6) is 0 Å². The fraction of sp³-hybridized carbons (Fsp3) is 0.542. The quantitative estimate of drug-likeness (QED) is 0.0202. The van der Waals surface area contributed by atoms with Crippen LogP contribution >= 0.6 is 53.9 Å². The van der Waals surface area contributed by atoms with Crippen LogP contribution in [0.2, 0.25) is 0 Å². The molecule has 51 heteroatoms. The maximum absolute atomic E-state index is 14.2. The van der Waals surface area contributed by atoms with Gasteiger partial charge in [0, 0.05) is 56.3 Å². The van der Waals surface area contributed by atoms with E-state index in [1.165, 1.54) is 41.0 Å². The van der Waals surface area contributed by atoms with E-state index in [2.05, 4.69) is 44.9 Å². The lowest BCUT2D eigenvalue weighted by molar-refractivity contribution is -0.0645. The van der Waals surface area contributed by atoms with Gasteiger partial charge < -0.3 is 70.7 Å². The summed E-state index contributed by atoms with van der Waals surface area (Å²) < 4.78 is 134. The molecular formula is C48H60IN17O29P4. The maximum atomic E-state index is 14.2. The summed E-state index contributed by atoms with van der Waals surface area (Å²) in [5.41, 5.74) is 12.2. The van der Waals surface area contributed by atoms with Gasteiger partial charge in [0.15, 0.2) is 22.6 Å². The molecule has 99 heavy (non-hydrogen) atoms. The van der Waals surface area contributed by atoms with Gasteiger partial charge in [-0.3, -0.25) is 88.4 Å². The number of aryl methyl sites for hydroxylation is 1. The van der Waals surface area contributed by atoms with Gasteiger partial charge in [-0.25, -0.2) is 52.6 Å². The number of rotatable bonds is 26. The van der Waals surface area contributed by atoms with Crippen molar-refractivity contribution in [3.05, 3.63) is 115 Å². The number of nitrogens with one attached hydrogen (secondary N) is 3. The molecule has 0 radical (unpaired) electrons. The molecule has 4 unspecified atom stereocenters. The number of aromatic amines is 3. The molecule has 19 atom stereocenters. The van der Waals surface area contributed by atoms with E-state index < -0.39 is 210 Å². The summed E-state index contributed by atoms with van der Waals surface area (Å²) in [5, 5.41) is 21.0. The van der Waals surface area contributed by atoms with Crippen molar-refractivity contribution in [1.82, 2.24) is 67.7 Å². The van der Waals surface area contributed by atoms with Crippen LogP contribution in [-0.2, 0) is 78.1 Å². The Hall–Kier alpha value is -6.57. The summed E-state index contributed by atoms with van der Waals surface area (Å²) >= 11 is 1.60. The van der Waals surface area contributed by atoms with E-state index in [1.807, 2.05) is 0 Å². The van der Waals surface area contributed by atoms with Crippen molar-refractivity contribution >= 4 is 93.8 Å². The minimum absolute atomic E-state index is 0.0207. The number of nitrogens with two attached hydrogens (primary N) is 3. The summed E-state index contributed by atoms with van der Waals surface area (Å²) in [5.74, 6) is -0.387. The molecule has 0 amide bonds. The van der Waals surface area contributed by atoms with Gasteiger partial charge in [0.1, 0.15) is 104 Å². The molecule has 0 aromatic carbocycles. The summed E-state index contributed by atoms with van der Waals surface area (Å²) in [7, 11) is -21.6. The minimum atomic E-state index is -5.55. The van der Waals surface area contributed by atoms with E-state index in [4.69, 9.17) is 77.1 Å². The second kappa shape index (κ2) is 28.7. The average Bonchev–Trinajstić information content (AvgIpc) is 1.65. The maximum Gasteiger partial charge on any atom is 0.472 e. The zero-order chi connectivity index (χ0) is 70.8. The molecule has 5 aliphatic heterocycles. The van der Waals surface area contributed by atoms with Gasteiger partial charge in [0.25, 0.3) is 16.7 Å². The summed E-state index contributed by atoms with van der Waals surface area (Å²) in [6.07, 6.45) is -16.6. The van der Waals surface area contributed by atoms with E-state index in [0.29, 0.717) is 0 Å². The Morgan fingerprint density at radius 3 is 1.53 bits per heavy atom.